The first-order valence-electron chi connectivity index (χ1n) is 8.73. The number of fused-ring (bicyclic) bond motifs is 1. The Morgan fingerprint density at radius 2 is 2.18 bits per heavy atom. The van der Waals surface area contributed by atoms with Crippen LogP contribution in [0.25, 0.3) is 0 Å². The highest BCUT2D eigenvalue weighted by Gasteiger charge is 2.23. The second-order valence-corrected chi connectivity index (χ2v) is 7.14. The van der Waals surface area contributed by atoms with E-state index >= 15 is 0 Å². The molecule has 1 aromatic rings. The van der Waals surface area contributed by atoms with Crippen LogP contribution in [0.2, 0.25) is 0 Å². The van der Waals surface area contributed by atoms with E-state index in [0.717, 1.165) is 18.9 Å². The molecule has 0 saturated heterocycles. The standard InChI is InChI=1S/C19H27NO2/c1-13(5-6-14-7-8-14)20-12-17-4-2-3-15-9-10-16(19(21)22)11-18(15)17/h9-11,13-14,17,20H,2-8,12H2,1H3,(H,21,22). The molecule has 0 heterocycles. The molecule has 120 valence electrons. The smallest absolute Gasteiger partial charge is 0.335 e. The third-order valence-electron chi connectivity index (χ3n) is 5.25. The third kappa shape index (κ3) is 3.89. The highest BCUT2D eigenvalue weighted by Crippen LogP contribution is 2.34. The molecule has 3 nitrogen and oxygen atoms in total. The molecule has 2 atom stereocenters. The summed E-state index contributed by atoms with van der Waals surface area (Å²) in [6, 6.07) is 6.23. The average molecular weight is 301 g/mol. The highest BCUT2D eigenvalue weighted by atomic mass is 16.4. The van der Waals surface area contributed by atoms with Gasteiger partial charge in [0.05, 0.1) is 5.56 Å². The molecule has 1 aromatic carbocycles. The molecule has 2 N–H and O–H groups in total. The summed E-state index contributed by atoms with van der Waals surface area (Å²) in [5.41, 5.74) is 3.02. The van der Waals surface area contributed by atoms with E-state index in [1.165, 1.54) is 49.7 Å². The van der Waals surface area contributed by atoms with E-state index in [1.54, 1.807) is 6.07 Å². The van der Waals surface area contributed by atoms with Crippen LogP contribution in [0.15, 0.2) is 18.2 Å². The fourth-order valence-electron chi connectivity index (χ4n) is 3.58. The molecule has 2 aliphatic rings. The Bertz CT molecular complexity index is 536. The SMILES string of the molecule is CC(CCC1CC1)NCC1CCCc2ccc(C(=O)O)cc21. The Morgan fingerprint density at radius 1 is 1.36 bits per heavy atom. The van der Waals surface area contributed by atoms with Gasteiger partial charge in [-0.3, -0.25) is 0 Å². The molecule has 3 rings (SSSR count). The van der Waals surface area contributed by atoms with E-state index < -0.39 is 5.97 Å². The van der Waals surface area contributed by atoms with Gasteiger partial charge in [0.15, 0.2) is 0 Å². The molecule has 0 bridgehead atoms. The maximum Gasteiger partial charge on any atom is 0.335 e. The lowest BCUT2D eigenvalue weighted by molar-refractivity contribution is 0.0696. The maximum absolute atomic E-state index is 11.2. The number of nitrogens with one attached hydrogen (secondary N) is 1. The number of aryl methyl sites for hydroxylation is 1. The van der Waals surface area contributed by atoms with Crippen molar-refractivity contribution in [1.29, 1.82) is 0 Å². The van der Waals surface area contributed by atoms with Crippen molar-refractivity contribution in [1.82, 2.24) is 5.32 Å². The predicted molar refractivity (Wildman–Crippen MR) is 88.5 cm³/mol. The Hall–Kier alpha value is -1.35. The summed E-state index contributed by atoms with van der Waals surface area (Å²) in [6.07, 6.45) is 8.95. The molecule has 0 spiro atoms. The molecule has 2 aliphatic carbocycles. The molecular formula is C19H27NO2. The van der Waals surface area contributed by atoms with Crippen molar-refractivity contribution in [3.8, 4) is 0 Å². The van der Waals surface area contributed by atoms with E-state index in [9.17, 15) is 9.90 Å². The van der Waals surface area contributed by atoms with E-state index in [-0.39, 0.29) is 0 Å². The van der Waals surface area contributed by atoms with Crippen LogP contribution >= 0.6 is 0 Å². The Balaban J connectivity index is 1.60. The quantitative estimate of drug-likeness (QED) is 0.801. The molecular weight excluding hydrogens is 274 g/mol. The first kappa shape index (κ1) is 15.5. The van der Waals surface area contributed by atoms with Gasteiger partial charge in [-0.15, -0.1) is 0 Å². The Labute approximate surface area is 133 Å². The second kappa shape index (κ2) is 6.82. The van der Waals surface area contributed by atoms with Crippen LogP contribution < -0.4 is 5.32 Å². The minimum absolute atomic E-state index is 0.424. The van der Waals surface area contributed by atoms with Gasteiger partial charge in [0.1, 0.15) is 0 Å². The minimum atomic E-state index is -0.821. The van der Waals surface area contributed by atoms with Crippen LogP contribution in [0.3, 0.4) is 0 Å². The fraction of sp³-hybridized carbons (Fsp3) is 0.632. The zero-order valence-electron chi connectivity index (χ0n) is 13.5. The summed E-state index contributed by atoms with van der Waals surface area (Å²) in [5.74, 6) is 0.641. The summed E-state index contributed by atoms with van der Waals surface area (Å²) in [6.45, 7) is 3.25. The molecule has 1 saturated carbocycles. The van der Waals surface area contributed by atoms with Crippen molar-refractivity contribution < 1.29 is 9.90 Å². The Morgan fingerprint density at radius 3 is 2.91 bits per heavy atom. The first-order valence-corrected chi connectivity index (χ1v) is 8.73. The number of hydrogen-bond acceptors (Lipinski definition) is 2. The van der Waals surface area contributed by atoms with Gasteiger partial charge >= 0.3 is 5.97 Å². The lowest BCUT2D eigenvalue weighted by Crippen LogP contribution is -2.31. The van der Waals surface area contributed by atoms with Crippen LogP contribution in [-0.4, -0.2) is 23.7 Å². The monoisotopic (exact) mass is 301 g/mol. The van der Waals surface area contributed by atoms with Gasteiger partial charge < -0.3 is 10.4 Å². The summed E-state index contributed by atoms with van der Waals surface area (Å²) >= 11 is 0. The highest BCUT2D eigenvalue weighted by molar-refractivity contribution is 5.88. The summed E-state index contributed by atoms with van der Waals surface area (Å²) in [5, 5.41) is 12.9. The molecule has 22 heavy (non-hydrogen) atoms. The van der Waals surface area contributed by atoms with Gasteiger partial charge in [-0.1, -0.05) is 18.9 Å². The van der Waals surface area contributed by atoms with Gasteiger partial charge in [0.25, 0.3) is 0 Å². The van der Waals surface area contributed by atoms with Crippen LogP contribution in [0.1, 0.15) is 72.9 Å². The van der Waals surface area contributed by atoms with Crippen LogP contribution in [0.4, 0.5) is 0 Å². The second-order valence-electron chi connectivity index (χ2n) is 7.14. The molecule has 0 amide bonds. The fourth-order valence-corrected chi connectivity index (χ4v) is 3.58. The van der Waals surface area contributed by atoms with Crippen LogP contribution in [-0.2, 0) is 6.42 Å². The Kier molecular flexibility index (Phi) is 4.82. The zero-order valence-corrected chi connectivity index (χ0v) is 13.5. The molecule has 3 heteroatoms. The number of benzene rings is 1. The molecule has 0 radical (unpaired) electrons. The maximum atomic E-state index is 11.2. The van der Waals surface area contributed by atoms with E-state index in [1.807, 2.05) is 12.1 Å². The van der Waals surface area contributed by atoms with Crippen LogP contribution in [0.5, 0.6) is 0 Å². The first-order chi connectivity index (χ1) is 10.6. The minimum Gasteiger partial charge on any atom is -0.478 e. The van der Waals surface area contributed by atoms with Crippen molar-refractivity contribution in [2.75, 3.05) is 6.54 Å². The zero-order chi connectivity index (χ0) is 15.5. The molecule has 0 aromatic heterocycles. The van der Waals surface area contributed by atoms with Crippen molar-refractivity contribution in [3.63, 3.8) is 0 Å². The molecule has 1 fully saturated rings. The van der Waals surface area contributed by atoms with Gasteiger partial charge in [-0.25, -0.2) is 4.79 Å². The number of hydrogen-bond donors (Lipinski definition) is 2. The van der Waals surface area contributed by atoms with Crippen molar-refractivity contribution in [2.45, 2.75) is 63.8 Å². The van der Waals surface area contributed by atoms with Crippen molar-refractivity contribution >= 4 is 5.97 Å². The molecule has 2 unspecified atom stereocenters. The van der Waals surface area contributed by atoms with E-state index in [4.69, 9.17) is 0 Å². The normalized spacial score (nSPS) is 22.1. The van der Waals surface area contributed by atoms with Gasteiger partial charge in [-0.2, -0.15) is 0 Å². The number of carboxylic acid groups (broad SMARTS) is 1. The van der Waals surface area contributed by atoms with Crippen LogP contribution in [0, 0.1) is 5.92 Å². The number of carboxylic acids is 1. The molecule has 0 aliphatic heterocycles. The van der Waals surface area contributed by atoms with E-state index in [0.29, 0.717) is 17.5 Å². The van der Waals surface area contributed by atoms with Crippen molar-refractivity contribution in [3.05, 3.63) is 34.9 Å². The van der Waals surface area contributed by atoms with Gasteiger partial charge in [0.2, 0.25) is 0 Å². The summed E-state index contributed by atoms with van der Waals surface area (Å²) in [7, 11) is 0. The number of aromatic carboxylic acids is 1. The average Bonchev–Trinajstić information content (AvgIpc) is 3.34. The van der Waals surface area contributed by atoms with E-state index in [2.05, 4.69) is 12.2 Å². The van der Waals surface area contributed by atoms with Crippen molar-refractivity contribution in [2.24, 2.45) is 5.92 Å². The topological polar surface area (TPSA) is 49.3 Å². The summed E-state index contributed by atoms with van der Waals surface area (Å²) in [4.78, 5) is 11.2. The third-order valence-corrected chi connectivity index (χ3v) is 5.25. The number of rotatable bonds is 7. The lowest BCUT2D eigenvalue weighted by Gasteiger charge is -2.27. The predicted octanol–water partition coefficient (Wildman–Crippen LogP) is 3.97. The van der Waals surface area contributed by atoms with Gasteiger partial charge in [-0.05, 0) is 74.1 Å². The lowest BCUT2D eigenvalue weighted by atomic mass is 9.82. The largest absolute Gasteiger partial charge is 0.478 e. The summed E-state index contributed by atoms with van der Waals surface area (Å²) < 4.78 is 0. The number of carbonyl (C=O) groups is 1. The van der Waals surface area contributed by atoms with Gasteiger partial charge in [0, 0.05) is 12.6 Å².